The topological polar surface area (TPSA) is 65.5 Å². The van der Waals surface area contributed by atoms with Crippen LogP contribution >= 0.6 is 0 Å². The monoisotopic (exact) mass is 277 g/mol. The first-order valence-corrected chi connectivity index (χ1v) is 7.30. The molecule has 2 heterocycles. The molecule has 1 atom stereocenters. The third kappa shape index (κ3) is 4.58. The van der Waals surface area contributed by atoms with Crippen LogP contribution in [0.15, 0.2) is 24.5 Å². The Labute approximate surface area is 120 Å². The molecule has 2 rings (SSSR count). The predicted molar refractivity (Wildman–Crippen MR) is 77.2 cm³/mol. The molecule has 5 heteroatoms. The third-order valence-corrected chi connectivity index (χ3v) is 3.77. The van der Waals surface area contributed by atoms with E-state index in [0.29, 0.717) is 13.0 Å². The molecule has 1 aliphatic rings. The summed E-state index contributed by atoms with van der Waals surface area (Å²) in [4.78, 5) is 18.1. The second-order valence-electron chi connectivity index (χ2n) is 5.26. The van der Waals surface area contributed by atoms with E-state index in [2.05, 4.69) is 15.2 Å². The van der Waals surface area contributed by atoms with Crippen molar-refractivity contribution in [2.75, 3.05) is 26.2 Å². The zero-order chi connectivity index (χ0) is 14.2. The molecule has 1 aliphatic heterocycles. The first kappa shape index (κ1) is 14.9. The lowest BCUT2D eigenvalue weighted by molar-refractivity contribution is -0.120. The molecule has 0 unspecified atom stereocenters. The summed E-state index contributed by atoms with van der Waals surface area (Å²) < 4.78 is 0. The summed E-state index contributed by atoms with van der Waals surface area (Å²) >= 11 is 0. The highest BCUT2D eigenvalue weighted by molar-refractivity contribution is 5.78. The Hall–Kier alpha value is -1.46. The average Bonchev–Trinajstić information content (AvgIpc) is 2.49. The number of likely N-dealkylation sites (tertiary alicyclic amines) is 1. The van der Waals surface area contributed by atoms with Gasteiger partial charge in [0, 0.05) is 31.5 Å². The summed E-state index contributed by atoms with van der Waals surface area (Å²) in [6.45, 7) is 2.67. The summed E-state index contributed by atoms with van der Waals surface area (Å²) in [5.74, 6) is 0.0237. The van der Waals surface area contributed by atoms with Crippen LogP contribution in [0.25, 0.3) is 0 Å². The fraction of sp³-hybridized carbons (Fsp3) is 0.600. The minimum atomic E-state index is 0.0237. The molecule has 0 bridgehead atoms. The molecule has 2 N–H and O–H groups in total. The van der Waals surface area contributed by atoms with E-state index in [1.807, 2.05) is 12.1 Å². The largest absolute Gasteiger partial charge is 0.395 e. The smallest absolute Gasteiger partial charge is 0.224 e. The summed E-state index contributed by atoms with van der Waals surface area (Å²) in [6.07, 6.45) is 7.21. The number of carbonyl (C=O) groups excluding carboxylic acids is 1. The first-order valence-electron chi connectivity index (χ1n) is 7.30. The number of amides is 1. The Morgan fingerprint density at radius 1 is 1.50 bits per heavy atom. The van der Waals surface area contributed by atoms with Gasteiger partial charge in [-0.25, -0.2) is 0 Å². The summed E-state index contributed by atoms with van der Waals surface area (Å²) in [5, 5.41) is 12.3. The van der Waals surface area contributed by atoms with Crippen molar-refractivity contribution in [2.45, 2.75) is 31.7 Å². The van der Waals surface area contributed by atoms with Crippen LogP contribution in [0, 0.1) is 0 Å². The second-order valence-corrected chi connectivity index (χ2v) is 5.26. The molecule has 110 valence electrons. The lowest BCUT2D eigenvalue weighted by Crippen LogP contribution is -2.45. The highest BCUT2D eigenvalue weighted by Gasteiger charge is 2.20. The van der Waals surface area contributed by atoms with E-state index >= 15 is 0 Å². The molecule has 1 aromatic heterocycles. The van der Waals surface area contributed by atoms with Crippen LogP contribution < -0.4 is 5.32 Å². The van der Waals surface area contributed by atoms with Crippen molar-refractivity contribution in [3.63, 3.8) is 0 Å². The summed E-state index contributed by atoms with van der Waals surface area (Å²) in [7, 11) is 0. The van der Waals surface area contributed by atoms with Gasteiger partial charge in [0.05, 0.1) is 13.0 Å². The maximum absolute atomic E-state index is 11.8. The molecule has 20 heavy (non-hydrogen) atoms. The predicted octanol–water partition coefficient (Wildman–Crippen LogP) is 0.587. The van der Waals surface area contributed by atoms with Crippen LogP contribution in [-0.2, 0) is 11.2 Å². The molecule has 1 fully saturated rings. The minimum Gasteiger partial charge on any atom is -0.395 e. The van der Waals surface area contributed by atoms with Gasteiger partial charge in [0.25, 0.3) is 0 Å². The van der Waals surface area contributed by atoms with Gasteiger partial charge in [0.15, 0.2) is 0 Å². The molecule has 1 aromatic rings. The normalized spacial score (nSPS) is 19.8. The number of piperidine rings is 1. The zero-order valence-corrected chi connectivity index (χ0v) is 11.8. The molecular formula is C15H23N3O2. The van der Waals surface area contributed by atoms with Crippen LogP contribution in [0.5, 0.6) is 0 Å². The van der Waals surface area contributed by atoms with Crippen LogP contribution in [0.2, 0.25) is 0 Å². The first-order chi connectivity index (χ1) is 9.79. The molecule has 0 spiro atoms. The lowest BCUT2D eigenvalue weighted by Gasteiger charge is -2.34. The van der Waals surface area contributed by atoms with E-state index in [1.165, 1.54) is 12.8 Å². The number of hydrogen-bond acceptors (Lipinski definition) is 4. The van der Waals surface area contributed by atoms with E-state index in [-0.39, 0.29) is 18.6 Å². The molecule has 0 aliphatic carbocycles. The van der Waals surface area contributed by atoms with Crippen molar-refractivity contribution >= 4 is 5.91 Å². The number of aliphatic hydroxyl groups is 1. The van der Waals surface area contributed by atoms with Gasteiger partial charge in [-0.3, -0.25) is 14.7 Å². The van der Waals surface area contributed by atoms with Crippen LogP contribution in [-0.4, -0.2) is 53.2 Å². The second kappa shape index (κ2) is 7.97. The number of carbonyl (C=O) groups is 1. The van der Waals surface area contributed by atoms with E-state index in [4.69, 9.17) is 0 Å². The number of aromatic nitrogens is 1. The Morgan fingerprint density at radius 2 is 2.40 bits per heavy atom. The van der Waals surface area contributed by atoms with Crippen molar-refractivity contribution in [3.8, 4) is 0 Å². The van der Waals surface area contributed by atoms with E-state index in [9.17, 15) is 9.90 Å². The lowest BCUT2D eigenvalue weighted by atomic mass is 10.0. The Morgan fingerprint density at radius 3 is 3.15 bits per heavy atom. The molecule has 0 saturated carbocycles. The molecule has 1 saturated heterocycles. The maximum Gasteiger partial charge on any atom is 0.224 e. The number of nitrogens with zero attached hydrogens (tertiary/aromatic N) is 2. The van der Waals surface area contributed by atoms with Gasteiger partial charge in [0.2, 0.25) is 5.91 Å². The van der Waals surface area contributed by atoms with Crippen molar-refractivity contribution < 1.29 is 9.90 Å². The number of aliphatic hydroxyl groups excluding tert-OH is 1. The number of pyridine rings is 1. The quantitative estimate of drug-likeness (QED) is 0.798. The van der Waals surface area contributed by atoms with Crippen LogP contribution in [0.4, 0.5) is 0 Å². The van der Waals surface area contributed by atoms with Gasteiger partial charge in [0.1, 0.15) is 0 Å². The van der Waals surface area contributed by atoms with Gasteiger partial charge in [-0.05, 0) is 31.0 Å². The highest BCUT2D eigenvalue weighted by atomic mass is 16.3. The van der Waals surface area contributed by atoms with Crippen LogP contribution in [0.3, 0.4) is 0 Å². The fourth-order valence-electron chi connectivity index (χ4n) is 2.65. The Balaban J connectivity index is 1.68. The maximum atomic E-state index is 11.8. The number of rotatable bonds is 6. The van der Waals surface area contributed by atoms with E-state index < -0.39 is 0 Å². The SMILES string of the molecule is O=C(Cc1cccnc1)NCCN1CCCC[C@@H]1CO. The highest BCUT2D eigenvalue weighted by Crippen LogP contribution is 2.15. The van der Waals surface area contributed by atoms with Crippen molar-refractivity contribution in [1.29, 1.82) is 0 Å². The summed E-state index contributed by atoms with van der Waals surface area (Å²) in [5.41, 5.74) is 0.927. The van der Waals surface area contributed by atoms with Gasteiger partial charge in [-0.2, -0.15) is 0 Å². The van der Waals surface area contributed by atoms with Gasteiger partial charge >= 0.3 is 0 Å². The number of nitrogens with one attached hydrogen (secondary N) is 1. The van der Waals surface area contributed by atoms with Crippen molar-refractivity contribution in [3.05, 3.63) is 30.1 Å². The molecule has 1 amide bonds. The minimum absolute atomic E-state index is 0.0237. The van der Waals surface area contributed by atoms with Crippen molar-refractivity contribution in [1.82, 2.24) is 15.2 Å². The van der Waals surface area contributed by atoms with Crippen LogP contribution in [0.1, 0.15) is 24.8 Å². The molecule has 0 radical (unpaired) electrons. The zero-order valence-electron chi connectivity index (χ0n) is 11.8. The van der Waals surface area contributed by atoms with Gasteiger partial charge in [-0.1, -0.05) is 12.5 Å². The Bertz CT molecular complexity index is 411. The molecule has 0 aromatic carbocycles. The van der Waals surface area contributed by atoms with Crippen molar-refractivity contribution in [2.24, 2.45) is 0 Å². The number of hydrogen-bond donors (Lipinski definition) is 2. The average molecular weight is 277 g/mol. The van der Waals surface area contributed by atoms with Gasteiger partial charge < -0.3 is 10.4 Å². The standard InChI is InChI=1S/C15H23N3O2/c19-12-14-5-1-2-8-18(14)9-7-17-15(20)10-13-4-3-6-16-11-13/h3-4,6,11,14,19H,1-2,5,7-10,12H2,(H,17,20)/t14-/m1/s1. The fourth-order valence-corrected chi connectivity index (χ4v) is 2.65. The molecule has 5 nitrogen and oxygen atoms in total. The van der Waals surface area contributed by atoms with E-state index in [1.54, 1.807) is 12.4 Å². The molecular weight excluding hydrogens is 254 g/mol. The van der Waals surface area contributed by atoms with Gasteiger partial charge in [-0.15, -0.1) is 0 Å². The summed E-state index contributed by atoms with van der Waals surface area (Å²) in [6, 6.07) is 4.00. The third-order valence-electron chi connectivity index (χ3n) is 3.77. The Kier molecular flexibility index (Phi) is 5.95. The van der Waals surface area contributed by atoms with E-state index in [0.717, 1.165) is 25.1 Å².